The molecule has 0 aliphatic carbocycles. The van der Waals surface area contributed by atoms with Crippen molar-refractivity contribution < 1.29 is 27.4 Å². The van der Waals surface area contributed by atoms with Crippen LogP contribution in [-0.2, 0) is 21.2 Å². The van der Waals surface area contributed by atoms with Crippen LogP contribution < -0.4 is 19.1 Å². The molecule has 5 rings (SSSR count). The molecule has 0 N–H and O–H groups in total. The molecule has 8 nitrogen and oxygen atoms in total. The number of morpholine rings is 1. The van der Waals surface area contributed by atoms with Gasteiger partial charge in [-0.1, -0.05) is 0 Å². The maximum atomic E-state index is 12.9. The smallest absolute Gasteiger partial charge is 0.243 e. The summed E-state index contributed by atoms with van der Waals surface area (Å²) in [5.74, 6) is 2.23. The minimum atomic E-state index is -3.46. The van der Waals surface area contributed by atoms with Crippen molar-refractivity contribution in [2.75, 3.05) is 57.7 Å². The summed E-state index contributed by atoms with van der Waals surface area (Å²) < 4.78 is 49.1. The van der Waals surface area contributed by atoms with E-state index in [1.165, 1.54) is 4.31 Å². The molecule has 0 radical (unpaired) electrons. The molecule has 3 heterocycles. The second kappa shape index (κ2) is 8.57. The molecular formula is C22H26N2O6S. The molecule has 0 amide bonds. The highest BCUT2D eigenvalue weighted by atomic mass is 32.2. The Balaban J connectivity index is 1.17. The van der Waals surface area contributed by atoms with Gasteiger partial charge in [0.1, 0.15) is 5.75 Å². The lowest BCUT2D eigenvalue weighted by Crippen LogP contribution is -2.40. The molecule has 1 saturated heterocycles. The van der Waals surface area contributed by atoms with Gasteiger partial charge in [0.15, 0.2) is 11.5 Å². The van der Waals surface area contributed by atoms with Gasteiger partial charge in [-0.3, -0.25) is 0 Å². The fourth-order valence-corrected chi connectivity index (χ4v) is 5.65. The average Bonchev–Trinajstić information content (AvgIpc) is 3.43. The lowest BCUT2D eigenvalue weighted by Gasteiger charge is -2.26. The van der Waals surface area contributed by atoms with E-state index in [9.17, 15) is 8.42 Å². The molecule has 3 aliphatic heterocycles. The Labute approximate surface area is 182 Å². The lowest BCUT2D eigenvalue weighted by atomic mass is 10.2. The average molecular weight is 447 g/mol. The van der Waals surface area contributed by atoms with Crippen molar-refractivity contribution in [3.05, 3.63) is 42.0 Å². The van der Waals surface area contributed by atoms with Crippen LogP contribution in [0.2, 0.25) is 0 Å². The van der Waals surface area contributed by atoms with Gasteiger partial charge in [-0.2, -0.15) is 4.31 Å². The van der Waals surface area contributed by atoms with E-state index in [-0.39, 0.29) is 6.79 Å². The molecule has 0 aromatic heterocycles. The number of sulfonamides is 1. The normalized spacial score (nSPS) is 18.3. The van der Waals surface area contributed by atoms with E-state index < -0.39 is 10.0 Å². The predicted octanol–water partition coefficient (Wildman–Crippen LogP) is 2.27. The van der Waals surface area contributed by atoms with Gasteiger partial charge in [-0.15, -0.1) is 0 Å². The van der Waals surface area contributed by atoms with Crippen LogP contribution in [0.1, 0.15) is 12.0 Å². The highest BCUT2D eigenvalue weighted by Crippen LogP contribution is 2.35. The summed E-state index contributed by atoms with van der Waals surface area (Å²) in [5, 5.41) is 0. The number of rotatable bonds is 7. The zero-order chi connectivity index (χ0) is 21.3. The summed E-state index contributed by atoms with van der Waals surface area (Å²) in [6.07, 6.45) is 1.71. The van der Waals surface area contributed by atoms with Gasteiger partial charge in [0.25, 0.3) is 0 Å². The Morgan fingerprint density at radius 3 is 2.68 bits per heavy atom. The molecule has 3 aliphatic rings. The molecule has 2 aromatic carbocycles. The van der Waals surface area contributed by atoms with Crippen LogP contribution in [-0.4, -0.2) is 65.5 Å². The van der Waals surface area contributed by atoms with Gasteiger partial charge in [-0.25, -0.2) is 8.42 Å². The van der Waals surface area contributed by atoms with Crippen LogP contribution in [0.25, 0.3) is 0 Å². The van der Waals surface area contributed by atoms with E-state index >= 15 is 0 Å². The number of benzene rings is 2. The van der Waals surface area contributed by atoms with Gasteiger partial charge >= 0.3 is 0 Å². The first-order valence-corrected chi connectivity index (χ1v) is 12.0. The fraction of sp³-hybridized carbons (Fsp3) is 0.455. The van der Waals surface area contributed by atoms with Crippen molar-refractivity contribution in [3.63, 3.8) is 0 Å². The van der Waals surface area contributed by atoms with Gasteiger partial charge in [0.05, 0.1) is 24.7 Å². The Morgan fingerprint density at radius 2 is 1.81 bits per heavy atom. The van der Waals surface area contributed by atoms with Crippen LogP contribution >= 0.6 is 0 Å². The van der Waals surface area contributed by atoms with Crippen LogP contribution in [0, 0.1) is 0 Å². The first-order valence-electron chi connectivity index (χ1n) is 10.6. The van der Waals surface area contributed by atoms with Crippen molar-refractivity contribution >= 4 is 15.7 Å². The first kappa shape index (κ1) is 20.4. The maximum Gasteiger partial charge on any atom is 0.243 e. The van der Waals surface area contributed by atoms with Gasteiger partial charge in [0.2, 0.25) is 16.8 Å². The van der Waals surface area contributed by atoms with E-state index in [1.54, 1.807) is 6.07 Å². The van der Waals surface area contributed by atoms with E-state index in [0.29, 0.717) is 43.6 Å². The predicted molar refractivity (Wildman–Crippen MR) is 115 cm³/mol. The van der Waals surface area contributed by atoms with Gasteiger partial charge in [-0.05, 0) is 48.7 Å². The zero-order valence-electron chi connectivity index (χ0n) is 17.3. The molecule has 0 bridgehead atoms. The highest BCUT2D eigenvalue weighted by molar-refractivity contribution is 7.89. The minimum absolute atomic E-state index is 0.253. The highest BCUT2D eigenvalue weighted by Gasteiger charge is 2.28. The third kappa shape index (κ3) is 4.17. The number of hydrogen-bond acceptors (Lipinski definition) is 7. The van der Waals surface area contributed by atoms with E-state index in [2.05, 4.69) is 4.90 Å². The summed E-state index contributed by atoms with van der Waals surface area (Å²) in [4.78, 5) is 2.67. The molecule has 2 aromatic rings. The molecule has 9 heteroatoms. The molecule has 0 atom stereocenters. The SMILES string of the molecule is O=S(=O)(c1ccc2c(c1)CCN2CCCOc1ccc2c(c1)OCO2)N1CCOCC1. The standard InChI is InChI=1S/C22H26N2O6S/c25-31(26,24-9-12-27-13-10-24)19-3-4-20-17(14-19)6-8-23(20)7-1-11-28-18-2-5-21-22(15-18)30-16-29-21/h2-5,14-15H,1,6-13,16H2. The number of anilines is 1. The van der Waals surface area contributed by atoms with Crippen LogP contribution in [0.15, 0.2) is 41.3 Å². The maximum absolute atomic E-state index is 12.9. The second-order valence-corrected chi connectivity index (χ2v) is 9.70. The monoisotopic (exact) mass is 446 g/mol. The third-order valence-electron chi connectivity index (χ3n) is 5.84. The van der Waals surface area contributed by atoms with E-state index in [4.69, 9.17) is 18.9 Å². The largest absolute Gasteiger partial charge is 0.493 e. The van der Waals surface area contributed by atoms with Gasteiger partial charge < -0.3 is 23.8 Å². The molecule has 0 spiro atoms. The third-order valence-corrected chi connectivity index (χ3v) is 7.73. The number of fused-ring (bicyclic) bond motifs is 2. The number of ether oxygens (including phenoxy) is 4. The zero-order valence-corrected chi connectivity index (χ0v) is 18.1. The summed E-state index contributed by atoms with van der Waals surface area (Å²) in [7, 11) is -3.46. The van der Waals surface area contributed by atoms with E-state index in [1.807, 2.05) is 30.3 Å². The summed E-state index contributed by atoms with van der Waals surface area (Å²) in [5.41, 5.74) is 2.20. The Bertz CT molecular complexity index is 1050. The van der Waals surface area contributed by atoms with E-state index in [0.717, 1.165) is 48.7 Å². The number of nitrogens with zero attached hydrogens (tertiary/aromatic N) is 2. The van der Waals surface area contributed by atoms with Crippen LogP contribution in [0.5, 0.6) is 17.2 Å². The van der Waals surface area contributed by atoms with Gasteiger partial charge in [0, 0.05) is 37.9 Å². The quantitative estimate of drug-likeness (QED) is 0.604. The Hall–Kier alpha value is -2.49. The second-order valence-electron chi connectivity index (χ2n) is 7.76. The molecule has 0 saturated carbocycles. The topological polar surface area (TPSA) is 77.5 Å². The number of hydrogen-bond donors (Lipinski definition) is 0. The molecule has 166 valence electrons. The Kier molecular flexibility index (Phi) is 5.64. The van der Waals surface area contributed by atoms with Crippen molar-refractivity contribution in [2.45, 2.75) is 17.7 Å². The first-order chi connectivity index (χ1) is 15.1. The van der Waals surface area contributed by atoms with Crippen molar-refractivity contribution in [1.29, 1.82) is 0 Å². The van der Waals surface area contributed by atoms with Crippen LogP contribution in [0.4, 0.5) is 5.69 Å². The molecule has 31 heavy (non-hydrogen) atoms. The van der Waals surface area contributed by atoms with Crippen molar-refractivity contribution in [1.82, 2.24) is 4.31 Å². The van der Waals surface area contributed by atoms with Crippen molar-refractivity contribution in [3.8, 4) is 17.2 Å². The van der Waals surface area contributed by atoms with Crippen LogP contribution in [0.3, 0.4) is 0 Å². The summed E-state index contributed by atoms with van der Waals surface area (Å²) >= 11 is 0. The lowest BCUT2D eigenvalue weighted by molar-refractivity contribution is 0.0730. The fourth-order valence-electron chi connectivity index (χ4n) is 4.19. The Morgan fingerprint density at radius 1 is 0.968 bits per heavy atom. The molecular weight excluding hydrogens is 420 g/mol. The molecule has 1 fully saturated rings. The van der Waals surface area contributed by atoms with Crippen molar-refractivity contribution in [2.24, 2.45) is 0 Å². The minimum Gasteiger partial charge on any atom is -0.493 e. The summed E-state index contributed by atoms with van der Waals surface area (Å²) in [6.45, 7) is 4.31. The summed E-state index contributed by atoms with van der Waals surface area (Å²) in [6, 6.07) is 11.1. The molecule has 0 unspecified atom stereocenters.